The fraction of sp³-hybridized carbons (Fsp3) is 0.556. The van der Waals surface area contributed by atoms with Gasteiger partial charge in [0.2, 0.25) is 0 Å². The van der Waals surface area contributed by atoms with E-state index >= 15 is 0 Å². The smallest absolute Gasteiger partial charge is 0.272 e. The van der Waals surface area contributed by atoms with E-state index in [0.29, 0.717) is 17.7 Å². The molecule has 1 saturated heterocycles. The first-order valence-corrected chi connectivity index (χ1v) is 8.87. The molecule has 124 valence electrons. The van der Waals surface area contributed by atoms with Gasteiger partial charge in [-0.25, -0.2) is 0 Å². The summed E-state index contributed by atoms with van der Waals surface area (Å²) in [6, 6.07) is 6.09. The molecule has 0 bridgehead atoms. The molecule has 1 unspecified atom stereocenters. The molecule has 6 nitrogen and oxygen atoms in total. The number of hydrogen-bond donors (Lipinski definition) is 0. The Balaban J connectivity index is 1.45. The molecule has 24 heavy (non-hydrogen) atoms. The van der Waals surface area contributed by atoms with Gasteiger partial charge in [-0.2, -0.15) is 0 Å². The van der Waals surface area contributed by atoms with Crippen LogP contribution in [0.2, 0.25) is 0 Å². The summed E-state index contributed by atoms with van der Waals surface area (Å²) in [5, 5.41) is 8.64. The minimum absolute atomic E-state index is 0.0434. The first-order chi connectivity index (χ1) is 11.8. The third-order valence-electron chi connectivity index (χ3n) is 6.02. The van der Waals surface area contributed by atoms with E-state index in [9.17, 15) is 4.79 Å². The maximum atomic E-state index is 12.8. The molecule has 3 heterocycles. The Morgan fingerprint density at radius 2 is 2.12 bits per heavy atom. The minimum atomic E-state index is 0.0434. The fourth-order valence-corrected chi connectivity index (χ4v) is 4.40. The van der Waals surface area contributed by atoms with Gasteiger partial charge in [0, 0.05) is 31.2 Å². The van der Waals surface area contributed by atoms with E-state index in [1.165, 1.54) is 32.1 Å². The zero-order valence-corrected chi connectivity index (χ0v) is 13.6. The maximum absolute atomic E-state index is 12.8. The van der Waals surface area contributed by atoms with Gasteiger partial charge in [0.05, 0.1) is 0 Å². The molecule has 0 N–H and O–H groups in total. The van der Waals surface area contributed by atoms with Gasteiger partial charge in [-0.1, -0.05) is 12.5 Å². The second kappa shape index (κ2) is 5.13. The number of hydrogen-bond acceptors (Lipinski definition) is 4. The van der Waals surface area contributed by atoms with E-state index in [1.807, 2.05) is 23.4 Å². The average molecular weight is 323 g/mol. The van der Waals surface area contributed by atoms with E-state index in [-0.39, 0.29) is 11.3 Å². The summed E-state index contributed by atoms with van der Waals surface area (Å²) < 4.78 is 2.26. The molecule has 2 aromatic heterocycles. The molecular weight excluding hydrogens is 302 g/mol. The number of rotatable bonds is 3. The summed E-state index contributed by atoms with van der Waals surface area (Å²) in [5.74, 6) is 1.44. The van der Waals surface area contributed by atoms with Gasteiger partial charge in [0.15, 0.2) is 0 Å². The minimum Gasteiger partial charge on any atom is -0.336 e. The van der Waals surface area contributed by atoms with Crippen molar-refractivity contribution < 1.29 is 4.79 Å². The second-order valence-corrected chi connectivity index (χ2v) is 7.50. The zero-order chi connectivity index (χ0) is 16.1. The van der Waals surface area contributed by atoms with Crippen LogP contribution in [0.25, 0.3) is 0 Å². The first-order valence-electron chi connectivity index (χ1n) is 8.87. The highest BCUT2D eigenvalue weighted by Crippen LogP contribution is 2.56. The van der Waals surface area contributed by atoms with Crippen LogP contribution in [0.15, 0.2) is 30.7 Å². The number of aromatic nitrogens is 4. The predicted octanol–water partition coefficient (Wildman–Crippen LogP) is 2.42. The molecule has 3 aliphatic rings. The summed E-state index contributed by atoms with van der Waals surface area (Å²) in [5.41, 5.74) is 0.737. The highest BCUT2D eigenvalue weighted by Gasteiger charge is 2.54. The van der Waals surface area contributed by atoms with Gasteiger partial charge in [-0.15, -0.1) is 10.2 Å². The van der Waals surface area contributed by atoms with Gasteiger partial charge in [0.1, 0.15) is 17.8 Å². The van der Waals surface area contributed by atoms with Crippen LogP contribution in [-0.2, 0) is 0 Å². The number of nitrogens with zero attached hydrogens (tertiary/aromatic N) is 5. The number of amides is 1. The van der Waals surface area contributed by atoms with E-state index in [4.69, 9.17) is 0 Å². The third kappa shape index (κ3) is 2.08. The van der Waals surface area contributed by atoms with Crippen LogP contribution in [0.3, 0.4) is 0 Å². The highest BCUT2D eigenvalue weighted by molar-refractivity contribution is 5.92. The largest absolute Gasteiger partial charge is 0.336 e. The molecule has 2 aromatic rings. The van der Waals surface area contributed by atoms with Crippen LogP contribution in [0.5, 0.6) is 0 Å². The quantitative estimate of drug-likeness (QED) is 0.870. The first kappa shape index (κ1) is 14.1. The Hall–Kier alpha value is -2.24. The predicted molar refractivity (Wildman–Crippen MR) is 87.5 cm³/mol. The highest BCUT2D eigenvalue weighted by atomic mass is 16.2. The Morgan fingerprint density at radius 1 is 1.25 bits per heavy atom. The van der Waals surface area contributed by atoms with Gasteiger partial charge < -0.3 is 9.47 Å². The van der Waals surface area contributed by atoms with Crippen molar-refractivity contribution in [2.45, 2.75) is 44.1 Å². The van der Waals surface area contributed by atoms with E-state index < -0.39 is 0 Å². The van der Waals surface area contributed by atoms with Gasteiger partial charge in [0.25, 0.3) is 5.91 Å². The maximum Gasteiger partial charge on any atom is 0.272 e. The van der Waals surface area contributed by atoms with Crippen molar-refractivity contribution in [1.82, 2.24) is 24.6 Å². The summed E-state index contributed by atoms with van der Waals surface area (Å²) in [4.78, 5) is 19.1. The molecule has 1 atom stereocenters. The van der Waals surface area contributed by atoms with Crippen LogP contribution in [-0.4, -0.2) is 43.6 Å². The van der Waals surface area contributed by atoms with Gasteiger partial charge in [-0.3, -0.25) is 9.78 Å². The summed E-state index contributed by atoms with van der Waals surface area (Å²) in [6.07, 6.45) is 9.62. The van der Waals surface area contributed by atoms with Crippen molar-refractivity contribution in [3.63, 3.8) is 0 Å². The average Bonchev–Trinajstić information content (AvgIpc) is 3.17. The third-order valence-corrected chi connectivity index (χ3v) is 6.02. The topological polar surface area (TPSA) is 63.9 Å². The molecule has 1 spiro atoms. The van der Waals surface area contributed by atoms with Crippen LogP contribution in [0.1, 0.15) is 60.4 Å². The lowest BCUT2D eigenvalue weighted by Gasteiger charge is -2.42. The SMILES string of the molecule is O=C(c1ccccn1)N1CC(c2nncn2C2CC2)C2(CCC2)C1. The standard InChI is InChI=1S/C18H21N5O/c24-17(15-4-1-2-9-19-15)22-10-14(18(11-22)7-3-8-18)16-21-20-12-23(16)13-5-6-13/h1-2,4,9,12-14H,3,5-8,10-11H2. The zero-order valence-electron chi connectivity index (χ0n) is 13.6. The molecule has 1 amide bonds. The second-order valence-electron chi connectivity index (χ2n) is 7.50. The monoisotopic (exact) mass is 323 g/mol. The van der Waals surface area contributed by atoms with Crippen molar-refractivity contribution in [3.05, 3.63) is 42.2 Å². The van der Waals surface area contributed by atoms with Crippen molar-refractivity contribution in [1.29, 1.82) is 0 Å². The van der Waals surface area contributed by atoms with Gasteiger partial charge >= 0.3 is 0 Å². The summed E-state index contributed by atoms with van der Waals surface area (Å²) >= 11 is 0. The van der Waals surface area contributed by atoms with E-state index in [2.05, 4.69) is 19.7 Å². The van der Waals surface area contributed by atoms with E-state index in [0.717, 1.165) is 18.9 Å². The van der Waals surface area contributed by atoms with E-state index in [1.54, 1.807) is 12.3 Å². The number of pyridine rings is 1. The molecule has 6 heteroatoms. The summed E-state index contributed by atoms with van der Waals surface area (Å²) in [7, 11) is 0. The Morgan fingerprint density at radius 3 is 2.79 bits per heavy atom. The van der Waals surface area contributed by atoms with Gasteiger partial charge in [-0.05, 0) is 43.2 Å². The van der Waals surface area contributed by atoms with Crippen LogP contribution < -0.4 is 0 Å². The number of carbonyl (C=O) groups is 1. The lowest BCUT2D eigenvalue weighted by molar-refractivity contribution is 0.0718. The van der Waals surface area contributed by atoms with Crippen LogP contribution in [0.4, 0.5) is 0 Å². The molecular formula is C18H21N5O. The molecule has 5 rings (SSSR count). The fourth-order valence-electron chi connectivity index (χ4n) is 4.40. The Bertz CT molecular complexity index is 763. The Labute approximate surface area is 140 Å². The molecule has 3 fully saturated rings. The van der Waals surface area contributed by atoms with Crippen LogP contribution in [0, 0.1) is 5.41 Å². The lowest BCUT2D eigenvalue weighted by Crippen LogP contribution is -2.38. The Kier molecular flexibility index (Phi) is 3.02. The number of carbonyl (C=O) groups excluding carboxylic acids is 1. The molecule has 1 aliphatic heterocycles. The van der Waals surface area contributed by atoms with Crippen molar-refractivity contribution in [2.75, 3.05) is 13.1 Å². The van der Waals surface area contributed by atoms with Crippen molar-refractivity contribution in [2.24, 2.45) is 5.41 Å². The van der Waals surface area contributed by atoms with Crippen molar-refractivity contribution >= 4 is 5.91 Å². The van der Waals surface area contributed by atoms with Crippen molar-refractivity contribution in [3.8, 4) is 0 Å². The van der Waals surface area contributed by atoms with Crippen LogP contribution >= 0.6 is 0 Å². The normalized spacial score (nSPS) is 25.0. The molecule has 2 aliphatic carbocycles. The summed E-state index contributed by atoms with van der Waals surface area (Å²) in [6.45, 7) is 1.56. The number of likely N-dealkylation sites (tertiary alicyclic amines) is 1. The molecule has 0 aromatic carbocycles. The molecule has 0 radical (unpaired) electrons. The molecule has 2 saturated carbocycles. The lowest BCUT2D eigenvalue weighted by atomic mass is 9.62.